The molecule has 1 aromatic carbocycles. The lowest BCUT2D eigenvalue weighted by Gasteiger charge is -2.16. The summed E-state index contributed by atoms with van der Waals surface area (Å²) in [5.41, 5.74) is 4.83. The van der Waals surface area contributed by atoms with E-state index in [2.05, 4.69) is 26.3 Å². The zero-order valence-corrected chi connectivity index (χ0v) is 17.4. The number of nitrogens with zero attached hydrogens (tertiary/aromatic N) is 6. The fourth-order valence-corrected chi connectivity index (χ4v) is 3.49. The molecule has 0 unspecified atom stereocenters. The molecular formula is C23H22FN7. The number of imidazole rings is 1. The van der Waals surface area contributed by atoms with Gasteiger partial charge >= 0.3 is 0 Å². The number of nitriles is 1. The van der Waals surface area contributed by atoms with Crippen molar-refractivity contribution in [2.75, 3.05) is 25.5 Å². The lowest BCUT2D eigenvalue weighted by Crippen LogP contribution is -2.23. The average molecular weight is 415 g/mol. The second-order valence-electron chi connectivity index (χ2n) is 7.06. The number of pyridine rings is 1. The first-order chi connectivity index (χ1) is 15.1. The standard InChI is InChI=1S/C23H22FN7/c1-3-30(13-10-25)15-16-9-12-31-20(14-16)29-21(17-4-6-18(24)7-5-17)22(31)19-8-11-27-23(26-2)28-19/h4-9,11-12,14H,3,13,15H2,1-2H3,(H,26,27,28). The summed E-state index contributed by atoms with van der Waals surface area (Å²) in [6, 6.07) is 14.3. The van der Waals surface area contributed by atoms with E-state index in [-0.39, 0.29) is 5.82 Å². The van der Waals surface area contributed by atoms with Gasteiger partial charge in [-0.05, 0) is 54.6 Å². The van der Waals surface area contributed by atoms with Gasteiger partial charge in [-0.1, -0.05) is 6.92 Å². The van der Waals surface area contributed by atoms with Gasteiger partial charge in [-0.15, -0.1) is 0 Å². The number of rotatable bonds is 7. The van der Waals surface area contributed by atoms with E-state index in [0.29, 0.717) is 30.4 Å². The fourth-order valence-electron chi connectivity index (χ4n) is 3.49. The summed E-state index contributed by atoms with van der Waals surface area (Å²) in [6.45, 7) is 3.85. The minimum Gasteiger partial charge on any atom is -0.357 e. The molecule has 8 heteroatoms. The normalized spacial score (nSPS) is 11.1. The Morgan fingerprint density at radius 1 is 1.16 bits per heavy atom. The number of aromatic nitrogens is 4. The molecule has 4 rings (SSSR count). The summed E-state index contributed by atoms with van der Waals surface area (Å²) >= 11 is 0. The summed E-state index contributed by atoms with van der Waals surface area (Å²) < 4.78 is 15.5. The quantitative estimate of drug-likeness (QED) is 0.460. The third kappa shape index (κ3) is 4.22. The van der Waals surface area contributed by atoms with Crippen molar-refractivity contribution in [2.24, 2.45) is 0 Å². The summed E-state index contributed by atoms with van der Waals surface area (Å²) in [5, 5.41) is 12.0. The highest BCUT2D eigenvalue weighted by Gasteiger charge is 2.18. The van der Waals surface area contributed by atoms with E-state index >= 15 is 0 Å². The monoisotopic (exact) mass is 415 g/mol. The predicted molar refractivity (Wildman–Crippen MR) is 118 cm³/mol. The van der Waals surface area contributed by atoms with Crippen molar-refractivity contribution in [3.63, 3.8) is 0 Å². The molecule has 0 aliphatic heterocycles. The maximum atomic E-state index is 13.5. The molecule has 156 valence electrons. The Kier molecular flexibility index (Phi) is 5.87. The Labute approximate surface area is 179 Å². The Morgan fingerprint density at radius 3 is 2.68 bits per heavy atom. The molecule has 3 aromatic heterocycles. The van der Waals surface area contributed by atoms with Gasteiger partial charge in [0.05, 0.1) is 29.7 Å². The summed E-state index contributed by atoms with van der Waals surface area (Å²) in [4.78, 5) is 15.7. The summed E-state index contributed by atoms with van der Waals surface area (Å²) in [7, 11) is 1.77. The van der Waals surface area contributed by atoms with Gasteiger partial charge in [0.25, 0.3) is 0 Å². The maximum Gasteiger partial charge on any atom is 0.222 e. The molecule has 0 aliphatic carbocycles. The van der Waals surface area contributed by atoms with Gasteiger partial charge in [-0.3, -0.25) is 9.30 Å². The second-order valence-corrected chi connectivity index (χ2v) is 7.06. The van der Waals surface area contributed by atoms with Crippen LogP contribution in [-0.2, 0) is 6.54 Å². The molecule has 0 amide bonds. The van der Waals surface area contributed by atoms with Crippen molar-refractivity contribution in [3.8, 4) is 28.7 Å². The van der Waals surface area contributed by atoms with Crippen molar-refractivity contribution in [1.29, 1.82) is 5.26 Å². The van der Waals surface area contributed by atoms with Crippen LogP contribution in [0.3, 0.4) is 0 Å². The molecule has 0 saturated heterocycles. The molecule has 0 radical (unpaired) electrons. The number of halogens is 1. The van der Waals surface area contributed by atoms with E-state index in [1.165, 1.54) is 12.1 Å². The zero-order valence-electron chi connectivity index (χ0n) is 17.4. The van der Waals surface area contributed by atoms with E-state index in [1.54, 1.807) is 25.4 Å². The van der Waals surface area contributed by atoms with Gasteiger partial charge in [0.2, 0.25) is 5.95 Å². The molecule has 7 nitrogen and oxygen atoms in total. The Morgan fingerprint density at radius 2 is 1.97 bits per heavy atom. The summed E-state index contributed by atoms with van der Waals surface area (Å²) in [6.07, 6.45) is 3.65. The van der Waals surface area contributed by atoms with Crippen LogP contribution in [0.2, 0.25) is 0 Å². The van der Waals surface area contributed by atoms with Gasteiger partial charge in [0.15, 0.2) is 0 Å². The molecule has 0 spiro atoms. The average Bonchev–Trinajstić information content (AvgIpc) is 3.18. The molecule has 31 heavy (non-hydrogen) atoms. The number of fused-ring (bicyclic) bond motifs is 1. The van der Waals surface area contributed by atoms with Crippen molar-refractivity contribution >= 4 is 11.6 Å². The van der Waals surface area contributed by atoms with Crippen LogP contribution in [0.4, 0.5) is 10.3 Å². The van der Waals surface area contributed by atoms with Crippen molar-refractivity contribution in [3.05, 3.63) is 66.2 Å². The highest BCUT2D eigenvalue weighted by molar-refractivity contribution is 5.80. The van der Waals surface area contributed by atoms with E-state index in [9.17, 15) is 4.39 Å². The minimum atomic E-state index is -0.298. The first-order valence-electron chi connectivity index (χ1n) is 10.00. The van der Waals surface area contributed by atoms with Crippen molar-refractivity contribution < 1.29 is 4.39 Å². The number of benzene rings is 1. The largest absolute Gasteiger partial charge is 0.357 e. The van der Waals surface area contributed by atoms with Crippen LogP contribution in [-0.4, -0.2) is 44.4 Å². The van der Waals surface area contributed by atoms with Gasteiger partial charge in [-0.2, -0.15) is 5.26 Å². The molecule has 4 aromatic rings. The lowest BCUT2D eigenvalue weighted by molar-refractivity contribution is 0.315. The molecule has 0 atom stereocenters. The fraction of sp³-hybridized carbons (Fsp3) is 0.217. The summed E-state index contributed by atoms with van der Waals surface area (Å²) in [5.74, 6) is 0.206. The topological polar surface area (TPSA) is 82.1 Å². The lowest BCUT2D eigenvalue weighted by atomic mass is 10.1. The first-order valence-corrected chi connectivity index (χ1v) is 10.00. The van der Waals surface area contributed by atoms with E-state index < -0.39 is 0 Å². The number of nitrogens with one attached hydrogen (secondary N) is 1. The molecule has 0 bridgehead atoms. The van der Waals surface area contributed by atoms with Crippen LogP contribution >= 0.6 is 0 Å². The molecule has 0 aliphatic rings. The third-order valence-electron chi connectivity index (χ3n) is 5.08. The number of hydrogen-bond acceptors (Lipinski definition) is 6. The first kappa shape index (κ1) is 20.4. The van der Waals surface area contributed by atoms with Crippen LogP contribution in [0.5, 0.6) is 0 Å². The van der Waals surface area contributed by atoms with Gasteiger partial charge in [0.1, 0.15) is 11.5 Å². The highest BCUT2D eigenvalue weighted by Crippen LogP contribution is 2.32. The zero-order chi connectivity index (χ0) is 21.8. The molecule has 1 N–H and O–H groups in total. The molecule has 0 fully saturated rings. The SMILES string of the molecule is CCN(CC#N)Cc1ccn2c(-c3ccnc(NC)n3)c(-c3ccc(F)cc3)nc2c1. The van der Waals surface area contributed by atoms with Gasteiger partial charge in [0, 0.05) is 31.5 Å². The van der Waals surface area contributed by atoms with Crippen LogP contribution < -0.4 is 5.32 Å². The van der Waals surface area contributed by atoms with Crippen LogP contribution in [0, 0.1) is 17.1 Å². The molecule has 3 heterocycles. The Hall–Kier alpha value is -3.83. The predicted octanol–water partition coefficient (Wildman–Crippen LogP) is 3.98. The van der Waals surface area contributed by atoms with Gasteiger partial charge in [-0.25, -0.2) is 19.3 Å². The second kappa shape index (κ2) is 8.90. The Bertz CT molecular complexity index is 1240. The minimum absolute atomic E-state index is 0.298. The number of hydrogen-bond donors (Lipinski definition) is 1. The van der Waals surface area contributed by atoms with E-state index in [0.717, 1.165) is 29.0 Å². The van der Waals surface area contributed by atoms with Crippen LogP contribution in [0.1, 0.15) is 12.5 Å². The van der Waals surface area contributed by atoms with E-state index in [4.69, 9.17) is 10.2 Å². The molecular weight excluding hydrogens is 393 g/mol. The third-order valence-corrected chi connectivity index (χ3v) is 5.08. The molecule has 0 saturated carbocycles. The Balaban J connectivity index is 1.87. The van der Waals surface area contributed by atoms with Crippen molar-refractivity contribution in [2.45, 2.75) is 13.5 Å². The van der Waals surface area contributed by atoms with Crippen LogP contribution in [0.25, 0.3) is 28.3 Å². The smallest absolute Gasteiger partial charge is 0.222 e. The van der Waals surface area contributed by atoms with Crippen molar-refractivity contribution in [1.82, 2.24) is 24.3 Å². The highest BCUT2D eigenvalue weighted by atomic mass is 19.1. The van der Waals surface area contributed by atoms with Gasteiger partial charge < -0.3 is 5.32 Å². The van der Waals surface area contributed by atoms with Crippen LogP contribution in [0.15, 0.2) is 54.9 Å². The maximum absolute atomic E-state index is 13.5. The van der Waals surface area contributed by atoms with E-state index in [1.807, 2.05) is 35.7 Å². The number of anilines is 1.